The number of rotatable bonds is 2. The summed E-state index contributed by atoms with van der Waals surface area (Å²) in [5, 5.41) is 11.5. The fourth-order valence-corrected chi connectivity index (χ4v) is 4.32. The summed E-state index contributed by atoms with van der Waals surface area (Å²) in [6.45, 7) is 0.914. The van der Waals surface area contributed by atoms with Gasteiger partial charge in [-0.25, -0.2) is 4.79 Å². The number of nitrogens with one attached hydrogen (secondary N) is 1. The van der Waals surface area contributed by atoms with E-state index in [2.05, 4.69) is 0 Å². The van der Waals surface area contributed by atoms with Gasteiger partial charge in [0, 0.05) is 6.42 Å². The molecule has 7 heteroatoms. The van der Waals surface area contributed by atoms with Crippen molar-refractivity contribution >= 4 is 11.0 Å². The number of quaternary nitrogens is 1. The third-order valence-corrected chi connectivity index (χ3v) is 5.63. The molecule has 1 aromatic heterocycles. The number of hydrogen-bond donors (Lipinski definition) is 2. The van der Waals surface area contributed by atoms with E-state index in [1.54, 1.807) is 31.4 Å². The summed E-state index contributed by atoms with van der Waals surface area (Å²) in [7, 11) is 3.56. The molecule has 3 aromatic rings. The first-order chi connectivity index (χ1) is 13.6. The topological polar surface area (TPSA) is 82.6 Å². The number of ether oxygens (including phenoxy) is 3. The van der Waals surface area contributed by atoms with E-state index in [-0.39, 0.29) is 18.1 Å². The highest BCUT2D eigenvalue weighted by Crippen LogP contribution is 2.49. The third-order valence-electron chi connectivity index (χ3n) is 5.63. The Hall–Kier alpha value is -3.19. The molecule has 0 fully saturated rings. The summed E-state index contributed by atoms with van der Waals surface area (Å²) in [6.07, 6.45) is 0.796. The van der Waals surface area contributed by atoms with Crippen molar-refractivity contribution in [3.8, 4) is 23.0 Å². The van der Waals surface area contributed by atoms with E-state index in [1.165, 1.54) is 0 Å². The van der Waals surface area contributed by atoms with Gasteiger partial charge in [-0.3, -0.25) is 0 Å². The Morgan fingerprint density at radius 2 is 2.04 bits per heavy atom. The number of aromatic hydroxyl groups is 1. The molecular weight excluding hydrogens is 362 g/mol. The number of para-hydroxylation sites is 1. The molecule has 0 radical (unpaired) electrons. The molecular formula is C21H20NO6+. The van der Waals surface area contributed by atoms with Crippen LogP contribution in [0.4, 0.5) is 0 Å². The van der Waals surface area contributed by atoms with Gasteiger partial charge in [-0.15, -0.1) is 0 Å². The molecule has 28 heavy (non-hydrogen) atoms. The molecule has 0 saturated carbocycles. The first-order valence-electron chi connectivity index (χ1n) is 9.16. The van der Waals surface area contributed by atoms with Gasteiger partial charge in [0.1, 0.15) is 16.9 Å². The molecule has 0 bridgehead atoms. The van der Waals surface area contributed by atoms with Crippen LogP contribution in [0.25, 0.3) is 11.0 Å². The van der Waals surface area contributed by atoms with E-state index in [9.17, 15) is 9.90 Å². The minimum atomic E-state index is -0.548. The summed E-state index contributed by atoms with van der Waals surface area (Å²) in [5.74, 6) is 1.67. The second-order valence-electron chi connectivity index (χ2n) is 7.14. The fourth-order valence-electron chi connectivity index (χ4n) is 4.32. The number of methoxy groups -OCH3 is 1. The lowest BCUT2D eigenvalue weighted by atomic mass is 9.87. The van der Waals surface area contributed by atoms with Crippen molar-refractivity contribution < 1.29 is 28.6 Å². The summed E-state index contributed by atoms with van der Waals surface area (Å²) in [4.78, 5) is 14.0. The zero-order valence-electron chi connectivity index (χ0n) is 15.6. The Kier molecular flexibility index (Phi) is 3.73. The maximum atomic E-state index is 12.9. The molecule has 2 atom stereocenters. The van der Waals surface area contributed by atoms with Crippen molar-refractivity contribution in [1.82, 2.24) is 0 Å². The van der Waals surface area contributed by atoms with E-state index < -0.39 is 11.7 Å². The highest BCUT2D eigenvalue weighted by molar-refractivity contribution is 5.84. The van der Waals surface area contributed by atoms with E-state index in [0.29, 0.717) is 28.2 Å². The summed E-state index contributed by atoms with van der Waals surface area (Å²) in [6, 6.07) is 8.47. The van der Waals surface area contributed by atoms with Gasteiger partial charge in [0.25, 0.3) is 0 Å². The van der Waals surface area contributed by atoms with Crippen LogP contribution in [-0.4, -0.2) is 32.6 Å². The quantitative estimate of drug-likeness (QED) is 0.652. The Labute approximate surface area is 160 Å². The Morgan fingerprint density at radius 3 is 2.86 bits per heavy atom. The average Bonchev–Trinajstić information content (AvgIpc) is 3.16. The molecule has 2 aliphatic rings. The SMILES string of the molecule is COc1c2c(cc3c1[C@@H](c1c(O)c4ccccc4oc1=O)[NH+](C)CC3)OCO2. The maximum absolute atomic E-state index is 12.9. The van der Waals surface area contributed by atoms with Gasteiger partial charge >= 0.3 is 5.63 Å². The first-order valence-corrected chi connectivity index (χ1v) is 9.16. The molecule has 0 saturated heterocycles. The molecule has 1 unspecified atom stereocenters. The highest BCUT2D eigenvalue weighted by atomic mass is 16.7. The van der Waals surface area contributed by atoms with Gasteiger partial charge in [-0.2, -0.15) is 0 Å². The lowest BCUT2D eigenvalue weighted by molar-refractivity contribution is -0.908. The van der Waals surface area contributed by atoms with Gasteiger partial charge in [-0.1, -0.05) is 12.1 Å². The third kappa shape index (κ3) is 2.29. The second-order valence-corrected chi connectivity index (χ2v) is 7.14. The maximum Gasteiger partial charge on any atom is 0.349 e. The molecule has 3 heterocycles. The van der Waals surface area contributed by atoms with Crippen LogP contribution < -0.4 is 24.7 Å². The average molecular weight is 382 g/mol. The lowest BCUT2D eigenvalue weighted by Crippen LogP contribution is -3.10. The van der Waals surface area contributed by atoms with Crippen LogP contribution >= 0.6 is 0 Å². The molecule has 0 aliphatic carbocycles. The number of likely N-dealkylation sites (N-methyl/N-ethyl adjacent to an activating group) is 1. The van der Waals surface area contributed by atoms with Gasteiger partial charge in [0.05, 0.1) is 31.7 Å². The van der Waals surface area contributed by atoms with Crippen LogP contribution in [0.5, 0.6) is 23.0 Å². The normalized spacial score (nSPS) is 20.2. The van der Waals surface area contributed by atoms with Gasteiger partial charge in [-0.05, 0) is 23.8 Å². The molecule has 2 aliphatic heterocycles. The van der Waals surface area contributed by atoms with Crippen LogP contribution in [-0.2, 0) is 6.42 Å². The van der Waals surface area contributed by atoms with Gasteiger partial charge in [0.2, 0.25) is 12.5 Å². The smallest absolute Gasteiger partial charge is 0.349 e. The van der Waals surface area contributed by atoms with Crippen LogP contribution in [0.2, 0.25) is 0 Å². The van der Waals surface area contributed by atoms with E-state index >= 15 is 0 Å². The first kappa shape index (κ1) is 16.9. The molecule has 2 aromatic carbocycles. The fraction of sp³-hybridized carbons (Fsp3) is 0.286. The predicted octanol–water partition coefficient (Wildman–Crippen LogP) is 1.40. The standard InChI is InChI=1S/C21H19NO6/c1-22-8-7-11-9-14-19(27-10-26-14)20(25-2)15(11)17(22)16-18(23)12-5-3-4-6-13(12)28-21(16)24/h3-6,9,17,23H,7-8,10H2,1-2H3/p+1/t17-/m0/s1. The van der Waals surface area contributed by atoms with Crippen molar-refractivity contribution in [1.29, 1.82) is 0 Å². The summed E-state index contributed by atoms with van der Waals surface area (Å²) >= 11 is 0. The minimum absolute atomic E-state index is 0.0521. The number of benzene rings is 2. The second kappa shape index (κ2) is 6.17. The Balaban J connectivity index is 1.82. The summed E-state index contributed by atoms with van der Waals surface area (Å²) < 4.78 is 22.4. The number of fused-ring (bicyclic) bond motifs is 3. The number of hydrogen-bond acceptors (Lipinski definition) is 6. The van der Waals surface area contributed by atoms with Crippen LogP contribution in [0.1, 0.15) is 22.7 Å². The predicted molar refractivity (Wildman–Crippen MR) is 101 cm³/mol. The monoisotopic (exact) mass is 382 g/mol. The zero-order valence-corrected chi connectivity index (χ0v) is 15.6. The molecule has 2 N–H and O–H groups in total. The van der Waals surface area contributed by atoms with Gasteiger partial charge < -0.3 is 28.6 Å². The lowest BCUT2D eigenvalue weighted by Gasteiger charge is -2.32. The summed E-state index contributed by atoms with van der Waals surface area (Å²) in [5.41, 5.74) is 1.89. The Bertz CT molecular complexity index is 1150. The minimum Gasteiger partial charge on any atom is -0.506 e. The largest absolute Gasteiger partial charge is 0.506 e. The van der Waals surface area contributed by atoms with Crippen molar-refractivity contribution in [2.45, 2.75) is 12.5 Å². The van der Waals surface area contributed by atoms with E-state index in [0.717, 1.165) is 29.0 Å². The Morgan fingerprint density at radius 1 is 1.21 bits per heavy atom. The van der Waals surface area contributed by atoms with Crippen molar-refractivity contribution in [3.05, 3.63) is 57.4 Å². The van der Waals surface area contributed by atoms with E-state index in [4.69, 9.17) is 18.6 Å². The van der Waals surface area contributed by atoms with Crippen molar-refractivity contribution in [3.63, 3.8) is 0 Å². The van der Waals surface area contributed by atoms with Crippen molar-refractivity contribution in [2.75, 3.05) is 27.5 Å². The highest BCUT2D eigenvalue weighted by Gasteiger charge is 2.41. The molecule has 5 rings (SSSR count). The zero-order chi connectivity index (χ0) is 19.4. The van der Waals surface area contributed by atoms with Crippen LogP contribution in [0.3, 0.4) is 0 Å². The molecule has 0 spiro atoms. The van der Waals surface area contributed by atoms with Crippen LogP contribution in [0, 0.1) is 0 Å². The van der Waals surface area contributed by atoms with Crippen LogP contribution in [0.15, 0.2) is 39.5 Å². The van der Waals surface area contributed by atoms with Crippen molar-refractivity contribution in [2.24, 2.45) is 0 Å². The molecule has 7 nitrogen and oxygen atoms in total. The molecule has 144 valence electrons. The van der Waals surface area contributed by atoms with Gasteiger partial charge in [0.15, 0.2) is 17.5 Å². The van der Waals surface area contributed by atoms with E-state index in [1.807, 2.05) is 13.1 Å². The molecule has 0 amide bonds.